The van der Waals surface area contributed by atoms with Crippen molar-refractivity contribution in [3.8, 4) is 0 Å². The van der Waals surface area contributed by atoms with Gasteiger partial charge in [0, 0.05) is 5.02 Å². The van der Waals surface area contributed by atoms with Crippen LogP contribution in [0.3, 0.4) is 0 Å². The Bertz CT molecular complexity index is 1240. The van der Waals surface area contributed by atoms with E-state index in [4.69, 9.17) is 11.6 Å². The van der Waals surface area contributed by atoms with Crippen molar-refractivity contribution in [3.05, 3.63) is 94.5 Å². The van der Waals surface area contributed by atoms with Gasteiger partial charge in [0.25, 0.3) is 15.9 Å². The van der Waals surface area contributed by atoms with Crippen molar-refractivity contribution in [3.63, 3.8) is 0 Å². The largest absolute Gasteiger partial charge is 0.271 e. The number of hydrazone groups is 1. The molecule has 0 aliphatic rings. The number of sulfonamides is 1. The number of carbonyl (C=O) groups excluding carboxylic acids is 1. The Morgan fingerprint density at radius 2 is 1.73 bits per heavy atom. The third-order valence-corrected chi connectivity index (χ3v) is 7.26. The molecule has 3 aromatic carbocycles. The second-order valence-corrected chi connectivity index (χ2v) is 10.1. The lowest BCUT2D eigenvalue weighted by molar-refractivity contribution is -0.119. The Hall–Kier alpha value is -3.16. The number of nitrogens with zero attached hydrogens (tertiary/aromatic N) is 2. The van der Waals surface area contributed by atoms with E-state index in [1.54, 1.807) is 30.3 Å². The van der Waals surface area contributed by atoms with Crippen LogP contribution in [-0.4, -0.2) is 27.1 Å². The van der Waals surface area contributed by atoms with Crippen LogP contribution in [0.2, 0.25) is 5.02 Å². The molecule has 0 aliphatic heterocycles. The minimum absolute atomic E-state index is 0.0724. The molecule has 0 saturated heterocycles. The highest BCUT2D eigenvalue weighted by molar-refractivity contribution is 7.92. The van der Waals surface area contributed by atoms with Crippen molar-refractivity contribution < 1.29 is 13.2 Å². The lowest BCUT2D eigenvalue weighted by Gasteiger charge is -2.24. The van der Waals surface area contributed by atoms with E-state index in [0.717, 1.165) is 15.4 Å². The van der Waals surface area contributed by atoms with Gasteiger partial charge in [-0.25, -0.2) is 13.8 Å². The fourth-order valence-corrected chi connectivity index (χ4v) is 4.69. The summed E-state index contributed by atoms with van der Waals surface area (Å²) in [6, 6.07) is 20.6. The monoisotopic (exact) mass is 483 g/mol. The number of nitrogens with one attached hydrogen (secondary N) is 1. The minimum Gasteiger partial charge on any atom is -0.271 e. The van der Waals surface area contributed by atoms with Gasteiger partial charge < -0.3 is 0 Å². The van der Waals surface area contributed by atoms with Gasteiger partial charge in [0.05, 0.1) is 16.8 Å². The van der Waals surface area contributed by atoms with Crippen LogP contribution >= 0.6 is 11.6 Å². The number of amides is 1. The molecule has 33 heavy (non-hydrogen) atoms. The van der Waals surface area contributed by atoms with E-state index in [0.29, 0.717) is 10.9 Å². The van der Waals surface area contributed by atoms with Gasteiger partial charge in [-0.1, -0.05) is 74.0 Å². The predicted octanol–water partition coefficient (Wildman–Crippen LogP) is 5.12. The van der Waals surface area contributed by atoms with E-state index in [1.807, 2.05) is 31.2 Å². The summed E-state index contributed by atoms with van der Waals surface area (Å²) in [7, 11) is -4.01. The average molecular weight is 484 g/mol. The van der Waals surface area contributed by atoms with Crippen molar-refractivity contribution in [1.82, 2.24) is 5.43 Å². The summed E-state index contributed by atoms with van der Waals surface area (Å²) in [5.41, 5.74) is 5.52. The molecule has 3 aromatic rings. The van der Waals surface area contributed by atoms with Crippen LogP contribution in [0.25, 0.3) is 0 Å². The Kier molecular flexibility index (Phi) is 7.89. The average Bonchev–Trinajstić information content (AvgIpc) is 2.80. The molecule has 0 aromatic heterocycles. The van der Waals surface area contributed by atoms with E-state index in [1.165, 1.54) is 30.0 Å². The number of rotatable bonds is 8. The topological polar surface area (TPSA) is 78.8 Å². The molecule has 0 aliphatic carbocycles. The summed E-state index contributed by atoms with van der Waals surface area (Å²) in [6.45, 7) is 5.58. The summed E-state index contributed by atoms with van der Waals surface area (Å²) in [5, 5.41) is 4.38. The maximum atomic E-state index is 13.3. The van der Waals surface area contributed by atoms with Crippen molar-refractivity contribution in [2.75, 3.05) is 10.8 Å². The minimum atomic E-state index is -4.01. The zero-order valence-corrected chi connectivity index (χ0v) is 20.3. The standard InChI is InChI=1S/C25H26ClN3O3S/c1-18(2)21-12-10-20(11-13-21)16-27-28-25(30)17-29(22-14-9-19(3)24(26)15-22)33(31,32)23-7-5-4-6-8-23/h4-16,18H,17H2,1-3H3,(H,28,30)/b27-16-. The number of hydrogen-bond donors (Lipinski definition) is 1. The SMILES string of the molecule is Cc1ccc(N(CC(=O)N/N=C\c2ccc(C(C)C)cc2)S(=O)(=O)c2ccccc2)cc1Cl. The molecule has 0 bridgehead atoms. The second-order valence-electron chi connectivity index (χ2n) is 7.87. The molecule has 0 fully saturated rings. The molecule has 0 spiro atoms. The van der Waals surface area contributed by atoms with Gasteiger partial charge in [-0.05, 0) is 53.8 Å². The van der Waals surface area contributed by atoms with Gasteiger partial charge in [0.15, 0.2) is 0 Å². The molecule has 0 radical (unpaired) electrons. The highest BCUT2D eigenvalue weighted by Crippen LogP contribution is 2.27. The number of halogens is 1. The lowest BCUT2D eigenvalue weighted by atomic mass is 10.0. The zero-order valence-electron chi connectivity index (χ0n) is 18.7. The molecule has 1 amide bonds. The van der Waals surface area contributed by atoms with Crippen molar-refractivity contribution in [2.45, 2.75) is 31.6 Å². The second kappa shape index (κ2) is 10.6. The Morgan fingerprint density at radius 1 is 1.06 bits per heavy atom. The predicted molar refractivity (Wildman–Crippen MR) is 133 cm³/mol. The van der Waals surface area contributed by atoms with Gasteiger partial charge in [-0.2, -0.15) is 5.10 Å². The first kappa shape index (κ1) is 24.5. The van der Waals surface area contributed by atoms with E-state index >= 15 is 0 Å². The van der Waals surface area contributed by atoms with Gasteiger partial charge in [-0.15, -0.1) is 0 Å². The maximum Gasteiger partial charge on any atom is 0.264 e. The third-order valence-electron chi connectivity index (χ3n) is 5.07. The molecular formula is C25H26ClN3O3S. The van der Waals surface area contributed by atoms with E-state index in [9.17, 15) is 13.2 Å². The summed E-state index contributed by atoms with van der Waals surface area (Å²) >= 11 is 6.23. The number of hydrogen-bond acceptors (Lipinski definition) is 4. The molecule has 1 N–H and O–H groups in total. The number of anilines is 1. The number of carbonyl (C=O) groups is 1. The molecule has 8 heteroatoms. The fraction of sp³-hybridized carbons (Fsp3) is 0.200. The molecule has 0 unspecified atom stereocenters. The fourth-order valence-electron chi connectivity index (χ4n) is 3.08. The molecule has 6 nitrogen and oxygen atoms in total. The van der Waals surface area contributed by atoms with Crippen LogP contribution in [0.1, 0.15) is 36.5 Å². The van der Waals surface area contributed by atoms with Crippen molar-refractivity contribution >= 4 is 39.4 Å². The van der Waals surface area contributed by atoms with Crippen molar-refractivity contribution in [1.29, 1.82) is 0 Å². The van der Waals surface area contributed by atoms with Gasteiger partial charge in [0.1, 0.15) is 6.54 Å². The smallest absolute Gasteiger partial charge is 0.264 e. The molecule has 3 rings (SSSR count). The molecule has 0 heterocycles. The van der Waals surface area contributed by atoms with Crippen LogP contribution in [0.15, 0.2) is 82.8 Å². The first-order valence-corrected chi connectivity index (χ1v) is 12.3. The third kappa shape index (κ3) is 6.21. The van der Waals surface area contributed by atoms with Gasteiger partial charge >= 0.3 is 0 Å². The first-order chi connectivity index (χ1) is 15.7. The van der Waals surface area contributed by atoms with Crippen LogP contribution in [0.5, 0.6) is 0 Å². The molecular weight excluding hydrogens is 458 g/mol. The van der Waals surface area contributed by atoms with Crippen LogP contribution < -0.4 is 9.73 Å². The Balaban J connectivity index is 1.81. The van der Waals surface area contributed by atoms with Crippen LogP contribution in [-0.2, 0) is 14.8 Å². The van der Waals surface area contributed by atoms with E-state index in [-0.39, 0.29) is 10.6 Å². The highest BCUT2D eigenvalue weighted by Gasteiger charge is 2.27. The maximum absolute atomic E-state index is 13.3. The summed E-state index contributed by atoms with van der Waals surface area (Å²) in [4.78, 5) is 12.7. The Morgan fingerprint density at radius 3 is 2.33 bits per heavy atom. The lowest BCUT2D eigenvalue weighted by Crippen LogP contribution is -2.39. The van der Waals surface area contributed by atoms with Crippen LogP contribution in [0, 0.1) is 6.92 Å². The summed E-state index contributed by atoms with van der Waals surface area (Å²) in [5.74, 6) is -0.162. The molecule has 0 atom stereocenters. The number of aryl methyl sites for hydroxylation is 1. The van der Waals surface area contributed by atoms with Crippen molar-refractivity contribution in [2.24, 2.45) is 5.10 Å². The van der Waals surface area contributed by atoms with E-state index < -0.39 is 22.5 Å². The van der Waals surface area contributed by atoms with E-state index in [2.05, 4.69) is 24.4 Å². The summed E-state index contributed by atoms with van der Waals surface area (Å²) < 4.78 is 27.6. The van der Waals surface area contributed by atoms with Gasteiger partial charge in [-0.3, -0.25) is 9.10 Å². The first-order valence-electron chi connectivity index (χ1n) is 10.4. The number of benzene rings is 3. The molecule has 0 saturated carbocycles. The zero-order chi connectivity index (χ0) is 24.0. The quantitative estimate of drug-likeness (QED) is 0.357. The van der Waals surface area contributed by atoms with Gasteiger partial charge in [0.2, 0.25) is 0 Å². The van der Waals surface area contributed by atoms with Crippen LogP contribution in [0.4, 0.5) is 5.69 Å². The summed E-state index contributed by atoms with van der Waals surface area (Å²) in [6.07, 6.45) is 1.51. The highest BCUT2D eigenvalue weighted by atomic mass is 35.5. The molecule has 172 valence electrons. The normalized spacial score (nSPS) is 11.7. The Labute approximate surface area is 200 Å².